The lowest BCUT2D eigenvalue weighted by Gasteiger charge is -2.30. The van der Waals surface area contributed by atoms with Gasteiger partial charge in [-0.15, -0.1) is 11.3 Å². The number of alkyl halides is 3. The summed E-state index contributed by atoms with van der Waals surface area (Å²) < 4.78 is 51.3. The summed E-state index contributed by atoms with van der Waals surface area (Å²) in [6.45, 7) is -0.728. The van der Waals surface area contributed by atoms with Crippen molar-refractivity contribution < 1.29 is 23.0 Å². The van der Waals surface area contributed by atoms with Gasteiger partial charge in [-0.3, -0.25) is 14.3 Å². The van der Waals surface area contributed by atoms with Gasteiger partial charge in [0.05, 0.1) is 41.8 Å². The summed E-state index contributed by atoms with van der Waals surface area (Å²) in [4.78, 5) is 28.4. The normalized spacial score (nSPS) is 26.6. The zero-order valence-electron chi connectivity index (χ0n) is 17.2. The van der Waals surface area contributed by atoms with Crippen LogP contribution in [0.2, 0.25) is 0 Å². The number of aromatic amines is 1. The monoisotopic (exact) mass is 469 g/mol. The molecule has 0 spiro atoms. The molecule has 1 fully saturated rings. The van der Waals surface area contributed by atoms with E-state index in [4.69, 9.17) is 10.5 Å². The van der Waals surface area contributed by atoms with E-state index in [2.05, 4.69) is 4.98 Å². The number of aromatic nitrogens is 2. The fourth-order valence-electron chi connectivity index (χ4n) is 4.86. The number of ether oxygens (including phenoxy) is 1. The van der Waals surface area contributed by atoms with Gasteiger partial charge in [0.15, 0.2) is 6.17 Å². The number of nitrogens with two attached hydrogens (primary N) is 1. The summed E-state index contributed by atoms with van der Waals surface area (Å²) >= 11 is 1.17. The van der Waals surface area contributed by atoms with E-state index < -0.39 is 48.2 Å². The molecule has 0 amide bonds. The van der Waals surface area contributed by atoms with E-state index in [-0.39, 0.29) is 34.5 Å². The van der Waals surface area contributed by atoms with Crippen molar-refractivity contribution in [3.63, 3.8) is 0 Å². The van der Waals surface area contributed by atoms with Gasteiger partial charge in [-0.2, -0.15) is 0 Å². The van der Waals surface area contributed by atoms with Gasteiger partial charge >= 0.3 is 5.69 Å². The second-order valence-electron chi connectivity index (χ2n) is 8.51. The topological polar surface area (TPSA) is 110 Å². The van der Waals surface area contributed by atoms with Gasteiger partial charge in [0.25, 0.3) is 11.5 Å². The van der Waals surface area contributed by atoms with Crippen molar-refractivity contribution in [1.29, 1.82) is 0 Å². The number of aliphatic hydroxyl groups is 1. The van der Waals surface area contributed by atoms with Crippen LogP contribution in [0.3, 0.4) is 0 Å². The van der Waals surface area contributed by atoms with Gasteiger partial charge in [-0.1, -0.05) is 0 Å². The molecular formula is C21H22F3N3O4S. The van der Waals surface area contributed by atoms with E-state index in [9.17, 15) is 23.5 Å². The third-order valence-corrected chi connectivity index (χ3v) is 7.88. The first-order valence-electron chi connectivity index (χ1n) is 10.4. The number of aliphatic hydroxyl groups excluding tert-OH is 1. The summed E-state index contributed by atoms with van der Waals surface area (Å²) in [7, 11) is 1.32. The van der Waals surface area contributed by atoms with Crippen molar-refractivity contribution in [3.05, 3.63) is 52.8 Å². The summed E-state index contributed by atoms with van der Waals surface area (Å²) in [6, 6.07) is 1.33. The second-order valence-corrected chi connectivity index (χ2v) is 9.68. The summed E-state index contributed by atoms with van der Waals surface area (Å²) in [6.07, 6.45) is -0.697. The van der Waals surface area contributed by atoms with Crippen LogP contribution in [0.25, 0.3) is 11.5 Å². The van der Waals surface area contributed by atoms with Crippen LogP contribution in [0.4, 0.5) is 13.2 Å². The van der Waals surface area contributed by atoms with Gasteiger partial charge < -0.3 is 15.6 Å². The molecular weight excluding hydrogens is 447 g/mol. The maximum absolute atomic E-state index is 15.7. The van der Waals surface area contributed by atoms with E-state index in [1.807, 2.05) is 0 Å². The lowest BCUT2D eigenvalue weighted by molar-refractivity contribution is -0.0555. The highest BCUT2D eigenvalue weighted by atomic mass is 32.1. The van der Waals surface area contributed by atoms with Crippen LogP contribution in [-0.4, -0.2) is 40.5 Å². The van der Waals surface area contributed by atoms with Crippen LogP contribution in [0.1, 0.15) is 52.5 Å². The van der Waals surface area contributed by atoms with Gasteiger partial charge in [0, 0.05) is 22.2 Å². The summed E-state index contributed by atoms with van der Waals surface area (Å²) in [5.74, 6) is -5.46. The van der Waals surface area contributed by atoms with Crippen LogP contribution >= 0.6 is 11.3 Å². The molecule has 32 heavy (non-hydrogen) atoms. The number of halogens is 3. The first-order chi connectivity index (χ1) is 15.2. The number of hydrogen-bond acceptors (Lipinski definition) is 6. The molecule has 11 heteroatoms. The minimum atomic E-state index is -3.06. The number of H-pyrrole nitrogens is 1. The molecule has 3 unspecified atom stereocenters. The van der Waals surface area contributed by atoms with Crippen molar-refractivity contribution in [1.82, 2.24) is 9.55 Å². The smallest absolute Gasteiger partial charge is 0.329 e. The second kappa shape index (κ2) is 7.24. The fourth-order valence-corrected chi connectivity index (χ4v) is 6.20. The Hall–Kier alpha value is -2.53. The first-order valence-corrected chi connectivity index (χ1v) is 11.2. The third-order valence-electron chi connectivity index (χ3n) is 6.59. The number of thiophene rings is 1. The number of hydrogen-bond donors (Lipinski definition) is 3. The number of nitrogens with one attached hydrogen (secondary N) is 1. The van der Waals surface area contributed by atoms with E-state index in [1.165, 1.54) is 29.1 Å². The Balaban J connectivity index is 1.78. The molecule has 4 N–H and O–H groups in total. The number of methoxy groups -OCH3 is 1. The molecule has 2 aromatic heterocycles. The highest BCUT2D eigenvalue weighted by Crippen LogP contribution is 2.49. The van der Waals surface area contributed by atoms with Gasteiger partial charge in [0.2, 0.25) is 0 Å². The maximum atomic E-state index is 15.7. The van der Waals surface area contributed by atoms with Crippen LogP contribution in [0.5, 0.6) is 0 Å². The molecule has 0 saturated heterocycles. The predicted molar refractivity (Wildman–Crippen MR) is 112 cm³/mol. The van der Waals surface area contributed by atoms with E-state index in [0.717, 1.165) is 12.8 Å². The van der Waals surface area contributed by atoms with Crippen molar-refractivity contribution >= 4 is 22.8 Å². The van der Waals surface area contributed by atoms with Crippen LogP contribution in [-0.2, 0) is 11.2 Å². The number of rotatable bonds is 4. The summed E-state index contributed by atoms with van der Waals surface area (Å²) in [5.41, 5.74) is 4.63. The fraction of sp³-hybridized carbons (Fsp3) is 0.524. The Labute approximate surface area is 183 Å². The minimum absolute atomic E-state index is 0.0719. The van der Waals surface area contributed by atoms with E-state index in [0.29, 0.717) is 15.3 Å². The first kappa shape index (κ1) is 21.3. The van der Waals surface area contributed by atoms with Gasteiger partial charge in [0.1, 0.15) is 5.76 Å². The number of aryl methyl sites for hydroxylation is 1. The predicted octanol–water partition coefficient (Wildman–Crippen LogP) is 0.547. The van der Waals surface area contributed by atoms with Gasteiger partial charge in [-0.25, -0.2) is 18.0 Å². The minimum Gasteiger partial charge on any atom is -0.498 e. The molecule has 2 heterocycles. The molecule has 0 aliphatic heterocycles. The summed E-state index contributed by atoms with van der Waals surface area (Å²) in [5, 5.41) is 9.62. The standard InChI is InChI=1S/C21H22F3N3O4S/c1-31-18-13(12-6-9-10(7-28)21(23,24)5-4-11(9)32-12)15(22)16(25)14-17(18)27(8-2-3-8)20(30)26-19(14)29/h6,8,10,13,15,28H,2-5,7,25H2,1H3,(H,26,29,30). The van der Waals surface area contributed by atoms with Crippen molar-refractivity contribution in [2.45, 2.75) is 55.7 Å². The zero-order valence-corrected chi connectivity index (χ0v) is 18.0. The van der Waals surface area contributed by atoms with Crippen LogP contribution < -0.4 is 27.6 Å². The molecule has 2 aromatic rings. The van der Waals surface area contributed by atoms with Crippen molar-refractivity contribution in [3.8, 4) is 0 Å². The van der Waals surface area contributed by atoms with E-state index >= 15 is 4.39 Å². The molecule has 0 bridgehead atoms. The highest BCUT2D eigenvalue weighted by Gasteiger charge is 2.46. The molecule has 3 aliphatic carbocycles. The lowest BCUT2D eigenvalue weighted by atomic mass is 9.83. The average molecular weight is 469 g/mol. The zero-order chi connectivity index (χ0) is 22.9. The van der Waals surface area contributed by atoms with Crippen LogP contribution in [0.15, 0.2) is 15.7 Å². The Kier molecular flexibility index (Phi) is 4.82. The molecule has 0 radical (unpaired) electrons. The molecule has 5 rings (SSSR count). The Bertz CT molecular complexity index is 1340. The molecule has 3 aliphatic rings. The van der Waals surface area contributed by atoms with Gasteiger partial charge in [-0.05, 0) is 30.9 Å². The van der Waals surface area contributed by atoms with E-state index in [1.54, 1.807) is 0 Å². The quantitative estimate of drug-likeness (QED) is 0.606. The lowest BCUT2D eigenvalue weighted by Crippen LogP contribution is -2.60. The Morgan fingerprint density at radius 2 is 2.09 bits per heavy atom. The Morgan fingerprint density at radius 1 is 1.38 bits per heavy atom. The molecule has 7 nitrogen and oxygen atoms in total. The Morgan fingerprint density at radius 3 is 2.72 bits per heavy atom. The van der Waals surface area contributed by atoms with Crippen molar-refractivity contribution in [2.24, 2.45) is 5.73 Å². The van der Waals surface area contributed by atoms with Crippen LogP contribution in [0, 0.1) is 0 Å². The number of fused-ring (bicyclic) bond motifs is 2. The molecule has 172 valence electrons. The molecule has 1 saturated carbocycles. The number of nitrogens with zero attached hydrogens (tertiary/aromatic N) is 1. The average Bonchev–Trinajstić information content (AvgIpc) is 3.48. The molecule has 3 atom stereocenters. The maximum Gasteiger partial charge on any atom is 0.329 e. The molecule has 0 aromatic carbocycles. The SMILES string of the molecule is COC1=c2c(c(=O)[nH]c(=O)n2C2CC2)=C(N)C(F)C1c1cc2c(s1)CCC(F)(F)C2CO. The highest BCUT2D eigenvalue weighted by molar-refractivity contribution is 7.12. The third kappa shape index (κ3) is 2.97. The largest absolute Gasteiger partial charge is 0.498 e. The van der Waals surface area contributed by atoms with Crippen molar-refractivity contribution in [2.75, 3.05) is 13.7 Å².